The number of nitrogens with one attached hydrogen (secondary N) is 2. The maximum absolute atomic E-state index is 12.5. The Morgan fingerprint density at radius 3 is 1.42 bits per heavy atom. The lowest BCUT2D eigenvalue weighted by molar-refractivity contribution is 0.0459. The molecule has 0 aliphatic carbocycles. The van der Waals surface area contributed by atoms with E-state index in [9.17, 15) is 9.59 Å². The summed E-state index contributed by atoms with van der Waals surface area (Å²) in [5.41, 5.74) is 1.38. The predicted molar refractivity (Wildman–Crippen MR) is 143 cm³/mol. The third-order valence-corrected chi connectivity index (χ3v) is 5.94. The number of amides is 2. The Balaban J connectivity index is 1.02. The molecule has 2 amide bonds. The van der Waals surface area contributed by atoms with Crippen LogP contribution in [0.15, 0.2) is 84.9 Å². The van der Waals surface area contributed by atoms with Crippen molar-refractivity contribution in [3.8, 4) is 0 Å². The van der Waals surface area contributed by atoms with Gasteiger partial charge in [0.2, 0.25) is 0 Å². The first-order valence-electron chi connectivity index (χ1n) is 12.4. The van der Waals surface area contributed by atoms with Gasteiger partial charge >= 0.3 is 0 Å². The zero-order valence-electron chi connectivity index (χ0n) is 20.4. The van der Waals surface area contributed by atoms with Crippen molar-refractivity contribution >= 4 is 33.4 Å². The molecule has 0 fully saturated rings. The van der Waals surface area contributed by atoms with Gasteiger partial charge in [0.1, 0.15) is 0 Å². The second kappa shape index (κ2) is 13.4. The molecule has 0 radical (unpaired) electrons. The van der Waals surface area contributed by atoms with Crippen molar-refractivity contribution in [3.05, 3.63) is 96.1 Å². The molecule has 0 saturated carbocycles. The van der Waals surface area contributed by atoms with E-state index in [0.29, 0.717) is 50.6 Å². The van der Waals surface area contributed by atoms with E-state index in [-0.39, 0.29) is 11.8 Å². The van der Waals surface area contributed by atoms with Crippen LogP contribution in [0, 0.1) is 0 Å². The topological polar surface area (TPSA) is 76.7 Å². The fourth-order valence-corrected chi connectivity index (χ4v) is 4.11. The normalized spacial score (nSPS) is 11.0. The van der Waals surface area contributed by atoms with E-state index >= 15 is 0 Å². The maximum Gasteiger partial charge on any atom is 0.251 e. The Morgan fingerprint density at radius 2 is 0.944 bits per heavy atom. The molecule has 2 N–H and O–H groups in total. The van der Waals surface area contributed by atoms with Crippen molar-refractivity contribution in [2.75, 3.05) is 39.5 Å². The van der Waals surface area contributed by atoms with Gasteiger partial charge in [-0.25, -0.2) is 0 Å². The maximum atomic E-state index is 12.5. The van der Waals surface area contributed by atoms with Gasteiger partial charge in [0.05, 0.1) is 13.2 Å². The molecule has 0 atom stereocenters. The monoisotopic (exact) mass is 484 g/mol. The smallest absolute Gasteiger partial charge is 0.251 e. The second-order valence-corrected chi connectivity index (χ2v) is 8.50. The van der Waals surface area contributed by atoms with Crippen molar-refractivity contribution in [3.63, 3.8) is 0 Å². The minimum Gasteiger partial charge on any atom is -0.379 e. The lowest BCUT2D eigenvalue weighted by atomic mass is 10.0. The molecule has 0 spiro atoms. The number of carbonyl (C=O) groups is 2. The first kappa shape index (κ1) is 25.4. The molecule has 0 aromatic heterocycles. The quantitative estimate of drug-likeness (QED) is 0.263. The summed E-state index contributed by atoms with van der Waals surface area (Å²) in [7, 11) is 0. The Bertz CT molecular complexity index is 1190. The number of rotatable bonds is 13. The van der Waals surface area contributed by atoms with Gasteiger partial charge in [0, 0.05) is 37.4 Å². The standard InChI is InChI=1S/C30H32N2O4/c33-29(27-15-5-11-23-9-1-3-13-25(23)27)31-17-7-19-35-21-22-36-20-8-18-32-30(34)28-16-6-12-24-10-2-4-14-26(24)28/h1-6,9-16H,7-8,17-22H2,(H,31,33)(H,32,34). The molecule has 0 unspecified atom stereocenters. The van der Waals surface area contributed by atoms with E-state index in [1.807, 2.05) is 84.9 Å². The van der Waals surface area contributed by atoms with Crippen LogP contribution >= 0.6 is 0 Å². The van der Waals surface area contributed by atoms with Crippen LogP contribution < -0.4 is 10.6 Å². The molecule has 0 aliphatic rings. The van der Waals surface area contributed by atoms with Crippen molar-refractivity contribution in [1.29, 1.82) is 0 Å². The molecular weight excluding hydrogens is 452 g/mol. The molecule has 4 aromatic carbocycles. The molecule has 0 bridgehead atoms. The number of ether oxygens (including phenoxy) is 2. The average molecular weight is 485 g/mol. The number of hydrogen-bond donors (Lipinski definition) is 2. The van der Waals surface area contributed by atoms with Gasteiger partial charge in [0.25, 0.3) is 11.8 Å². The van der Waals surface area contributed by atoms with E-state index in [1.165, 1.54) is 0 Å². The molecule has 6 heteroatoms. The summed E-state index contributed by atoms with van der Waals surface area (Å²) >= 11 is 0. The van der Waals surface area contributed by atoms with Gasteiger partial charge in [-0.15, -0.1) is 0 Å². The van der Waals surface area contributed by atoms with Crippen LogP contribution in [0.1, 0.15) is 33.6 Å². The third-order valence-electron chi connectivity index (χ3n) is 5.94. The van der Waals surface area contributed by atoms with Gasteiger partial charge in [-0.05, 0) is 46.5 Å². The first-order chi connectivity index (χ1) is 17.7. The summed E-state index contributed by atoms with van der Waals surface area (Å²) in [6.07, 6.45) is 1.47. The lowest BCUT2D eigenvalue weighted by Crippen LogP contribution is -2.26. The summed E-state index contributed by atoms with van der Waals surface area (Å²) in [6, 6.07) is 27.3. The van der Waals surface area contributed by atoms with E-state index in [2.05, 4.69) is 10.6 Å². The number of hydrogen-bond acceptors (Lipinski definition) is 4. The fourth-order valence-electron chi connectivity index (χ4n) is 4.11. The van der Waals surface area contributed by atoms with Crippen molar-refractivity contribution in [2.45, 2.75) is 12.8 Å². The Kier molecular flexibility index (Phi) is 9.42. The van der Waals surface area contributed by atoms with Gasteiger partial charge < -0.3 is 20.1 Å². The van der Waals surface area contributed by atoms with E-state index in [0.717, 1.165) is 34.4 Å². The molecule has 4 rings (SSSR count). The zero-order chi connectivity index (χ0) is 25.0. The first-order valence-corrected chi connectivity index (χ1v) is 12.4. The number of benzene rings is 4. The van der Waals surface area contributed by atoms with Crippen LogP contribution in [0.25, 0.3) is 21.5 Å². The Labute approximate surface area is 211 Å². The highest BCUT2D eigenvalue weighted by Crippen LogP contribution is 2.19. The average Bonchev–Trinajstić information content (AvgIpc) is 2.92. The zero-order valence-corrected chi connectivity index (χ0v) is 20.4. The molecule has 186 valence electrons. The van der Waals surface area contributed by atoms with Crippen LogP contribution in [0.2, 0.25) is 0 Å². The van der Waals surface area contributed by atoms with Crippen LogP contribution in [-0.4, -0.2) is 51.3 Å². The van der Waals surface area contributed by atoms with E-state index < -0.39 is 0 Å². The van der Waals surface area contributed by atoms with Crippen LogP contribution in [0.5, 0.6) is 0 Å². The Hall–Kier alpha value is -3.74. The fraction of sp³-hybridized carbons (Fsp3) is 0.267. The minimum absolute atomic E-state index is 0.0670. The van der Waals surface area contributed by atoms with Crippen LogP contribution in [0.4, 0.5) is 0 Å². The highest BCUT2D eigenvalue weighted by Gasteiger charge is 2.09. The molecule has 6 nitrogen and oxygen atoms in total. The summed E-state index contributed by atoms with van der Waals surface area (Å²) < 4.78 is 11.2. The molecule has 0 heterocycles. The molecule has 0 saturated heterocycles. The highest BCUT2D eigenvalue weighted by molar-refractivity contribution is 6.07. The molecule has 36 heavy (non-hydrogen) atoms. The second-order valence-electron chi connectivity index (χ2n) is 8.50. The summed E-state index contributed by atoms with van der Waals surface area (Å²) in [6.45, 7) is 3.22. The van der Waals surface area contributed by atoms with Crippen molar-refractivity contribution < 1.29 is 19.1 Å². The highest BCUT2D eigenvalue weighted by atomic mass is 16.5. The molecular formula is C30H32N2O4. The predicted octanol–water partition coefficient (Wildman–Crippen LogP) is 4.97. The van der Waals surface area contributed by atoms with Gasteiger partial charge in [-0.1, -0.05) is 72.8 Å². The summed E-state index contributed by atoms with van der Waals surface area (Å²) in [4.78, 5) is 25.0. The van der Waals surface area contributed by atoms with Crippen molar-refractivity contribution in [2.24, 2.45) is 0 Å². The van der Waals surface area contributed by atoms with Crippen LogP contribution in [-0.2, 0) is 9.47 Å². The van der Waals surface area contributed by atoms with Gasteiger partial charge in [-0.3, -0.25) is 9.59 Å². The largest absolute Gasteiger partial charge is 0.379 e. The third kappa shape index (κ3) is 6.90. The summed E-state index contributed by atoms with van der Waals surface area (Å²) in [5.74, 6) is -0.134. The SMILES string of the molecule is O=C(NCCCOCCOCCCNC(=O)c1cccc2ccccc12)c1cccc2ccccc12. The molecule has 0 aliphatic heterocycles. The lowest BCUT2D eigenvalue weighted by Gasteiger charge is -2.09. The minimum atomic E-state index is -0.0670. The summed E-state index contributed by atoms with van der Waals surface area (Å²) in [5, 5.41) is 9.95. The number of carbonyl (C=O) groups excluding carboxylic acids is 2. The van der Waals surface area contributed by atoms with Gasteiger partial charge in [0.15, 0.2) is 0 Å². The van der Waals surface area contributed by atoms with E-state index in [4.69, 9.17) is 9.47 Å². The van der Waals surface area contributed by atoms with E-state index in [1.54, 1.807) is 0 Å². The Morgan fingerprint density at radius 1 is 0.528 bits per heavy atom. The van der Waals surface area contributed by atoms with Crippen LogP contribution in [0.3, 0.4) is 0 Å². The van der Waals surface area contributed by atoms with Gasteiger partial charge in [-0.2, -0.15) is 0 Å². The molecule has 4 aromatic rings. The number of fused-ring (bicyclic) bond motifs is 2. The van der Waals surface area contributed by atoms with Crippen molar-refractivity contribution in [1.82, 2.24) is 10.6 Å².